The lowest BCUT2D eigenvalue weighted by Crippen LogP contribution is -2.11. The van der Waals surface area contributed by atoms with Gasteiger partial charge in [0.1, 0.15) is 5.92 Å². The second-order valence-corrected chi connectivity index (χ2v) is 4.99. The first-order chi connectivity index (χ1) is 9.63. The number of carbonyl (C=O) groups is 1. The number of pyridine rings is 1. The number of nitriles is 1. The molecule has 0 spiro atoms. The van der Waals surface area contributed by atoms with Gasteiger partial charge in [0.2, 0.25) is 0 Å². The highest BCUT2D eigenvalue weighted by molar-refractivity contribution is 6.02. The summed E-state index contributed by atoms with van der Waals surface area (Å²) in [6, 6.07) is 13.0. The minimum absolute atomic E-state index is 0.184. The van der Waals surface area contributed by atoms with Gasteiger partial charge in [0.25, 0.3) is 0 Å². The van der Waals surface area contributed by atoms with Crippen molar-refractivity contribution in [3.05, 3.63) is 65.5 Å². The second kappa shape index (κ2) is 6.12. The zero-order valence-electron chi connectivity index (χ0n) is 11.6. The van der Waals surface area contributed by atoms with Gasteiger partial charge in [-0.2, -0.15) is 5.26 Å². The van der Waals surface area contributed by atoms with Crippen LogP contribution in [-0.4, -0.2) is 10.8 Å². The van der Waals surface area contributed by atoms with Gasteiger partial charge in [-0.1, -0.05) is 44.2 Å². The summed E-state index contributed by atoms with van der Waals surface area (Å²) in [7, 11) is 0. The average Bonchev–Trinajstić information content (AvgIpc) is 2.49. The number of ketones is 1. The summed E-state index contributed by atoms with van der Waals surface area (Å²) in [6.45, 7) is 4.20. The molecular weight excluding hydrogens is 248 g/mol. The second-order valence-electron chi connectivity index (χ2n) is 4.99. The highest BCUT2D eigenvalue weighted by Gasteiger charge is 2.21. The number of Topliss-reactive ketones (excluding diaryl/α,β-unsaturated/α-hetero) is 1. The summed E-state index contributed by atoms with van der Waals surface area (Å²) in [5.41, 5.74) is 2.37. The Hall–Kier alpha value is -2.47. The molecule has 0 aliphatic rings. The van der Waals surface area contributed by atoms with Gasteiger partial charge in [0, 0.05) is 18.0 Å². The van der Waals surface area contributed by atoms with Gasteiger partial charge in [-0.05, 0) is 23.1 Å². The summed E-state index contributed by atoms with van der Waals surface area (Å²) >= 11 is 0. The van der Waals surface area contributed by atoms with E-state index < -0.39 is 5.92 Å². The molecule has 0 aliphatic heterocycles. The molecule has 1 heterocycles. The molecule has 20 heavy (non-hydrogen) atoms. The summed E-state index contributed by atoms with van der Waals surface area (Å²) < 4.78 is 0. The Balaban J connectivity index is 2.28. The molecule has 0 fully saturated rings. The maximum atomic E-state index is 12.4. The van der Waals surface area contributed by atoms with Crippen molar-refractivity contribution < 1.29 is 4.79 Å². The Morgan fingerprint density at radius 2 is 1.85 bits per heavy atom. The van der Waals surface area contributed by atoms with E-state index in [4.69, 9.17) is 0 Å². The number of benzene rings is 1. The predicted octanol–water partition coefficient (Wildman–Crippen LogP) is 3.70. The van der Waals surface area contributed by atoms with Crippen molar-refractivity contribution >= 4 is 5.78 Å². The highest BCUT2D eigenvalue weighted by atomic mass is 16.1. The third-order valence-corrected chi connectivity index (χ3v) is 3.27. The standard InChI is InChI=1S/C17H16N2O/c1-12(2)13-5-7-14(8-6-13)17(20)16(10-18)15-4-3-9-19-11-15/h3-9,11-12,16H,1-2H3. The van der Waals surface area contributed by atoms with Crippen molar-refractivity contribution in [3.63, 3.8) is 0 Å². The Morgan fingerprint density at radius 1 is 1.15 bits per heavy atom. The first kappa shape index (κ1) is 14.0. The fourth-order valence-corrected chi connectivity index (χ4v) is 2.03. The molecule has 0 amide bonds. The van der Waals surface area contributed by atoms with E-state index in [1.54, 1.807) is 36.7 Å². The lowest BCUT2D eigenvalue weighted by atomic mass is 9.91. The first-order valence-electron chi connectivity index (χ1n) is 6.57. The Bertz CT molecular complexity index is 624. The summed E-state index contributed by atoms with van der Waals surface area (Å²) in [5.74, 6) is -0.561. The number of rotatable bonds is 4. The molecular formula is C17H16N2O. The maximum Gasteiger partial charge on any atom is 0.184 e. The number of nitrogens with zero attached hydrogens (tertiary/aromatic N) is 2. The summed E-state index contributed by atoms with van der Waals surface area (Å²) in [5, 5.41) is 9.26. The average molecular weight is 264 g/mol. The molecule has 100 valence electrons. The Kier molecular flexibility index (Phi) is 4.27. The molecule has 2 aromatic rings. The Morgan fingerprint density at radius 3 is 2.35 bits per heavy atom. The topological polar surface area (TPSA) is 53.8 Å². The Labute approximate surface area is 118 Å². The van der Waals surface area contributed by atoms with Crippen molar-refractivity contribution in [1.82, 2.24) is 4.98 Å². The van der Waals surface area contributed by atoms with Crippen molar-refractivity contribution in [3.8, 4) is 6.07 Å². The molecule has 0 aliphatic carbocycles. The van der Waals surface area contributed by atoms with Gasteiger partial charge >= 0.3 is 0 Å². The molecule has 0 saturated heterocycles. The van der Waals surface area contributed by atoms with Crippen LogP contribution in [-0.2, 0) is 0 Å². The van der Waals surface area contributed by atoms with Crippen molar-refractivity contribution in [1.29, 1.82) is 5.26 Å². The lowest BCUT2D eigenvalue weighted by molar-refractivity contribution is 0.0978. The van der Waals surface area contributed by atoms with E-state index in [0.29, 0.717) is 17.0 Å². The highest BCUT2D eigenvalue weighted by Crippen LogP contribution is 2.21. The molecule has 1 atom stereocenters. The predicted molar refractivity (Wildman–Crippen MR) is 77.5 cm³/mol. The van der Waals surface area contributed by atoms with E-state index >= 15 is 0 Å². The smallest absolute Gasteiger partial charge is 0.184 e. The van der Waals surface area contributed by atoms with E-state index in [2.05, 4.69) is 24.9 Å². The molecule has 1 aromatic heterocycles. The number of carbonyl (C=O) groups excluding carboxylic acids is 1. The summed E-state index contributed by atoms with van der Waals surface area (Å²) in [6.07, 6.45) is 3.19. The van der Waals surface area contributed by atoms with Crippen LogP contribution in [0, 0.1) is 11.3 Å². The third-order valence-electron chi connectivity index (χ3n) is 3.27. The lowest BCUT2D eigenvalue weighted by Gasteiger charge is -2.10. The molecule has 0 N–H and O–H groups in total. The zero-order chi connectivity index (χ0) is 14.5. The van der Waals surface area contributed by atoms with E-state index in [1.807, 2.05) is 12.1 Å². The van der Waals surface area contributed by atoms with Gasteiger partial charge in [-0.3, -0.25) is 9.78 Å². The van der Waals surface area contributed by atoms with Crippen molar-refractivity contribution in [2.24, 2.45) is 0 Å². The first-order valence-corrected chi connectivity index (χ1v) is 6.57. The zero-order valence-corrected chi connectivity index (χ0v) is 11.6. The molecule has 0 saturated carbocycles. The van der Waals surface area contributed by atoms with Gasteiger partial charge in [-0.15, -0.1) is 0 Å². The molecule has 1 aromatic carbocycles. The van der Waals surface area contributed by atoms with E-state index in [0.717, 1.165) is 0 Å². The van der Waals surface area contributed by atoms with Crippen LogP contribution in [0.1, 0.15) is 47.2 Å². The molecule has 0 radical (unpaired) electrons. The van der Waals surface area contributed by atoms with Gasteiger partial charge in [0.15, 0.2) is 5.78 Å². The third kappa shape index (κ3) is 2.92. The minimum Gasteiger partial charge on any atom is -0.292 e. The molecule has 2 rings (SSSR count). The van der Waals surface area contributed by atoms with Crippen LogP contribution >= 0.6 is 0 Å². The normalized spacial score (nSPS) is 11.9. The fourth-order valence-electron chi connectivity index (χ4n) is 2.03. The van der Waals surface area contributed by atoms with Crippen LogP contribution in [0.5, 0.6) is 0 Å². The van der Waals surface area contributed by atoms with E-state index in [-0.39, 0.29) is 5.78 Å². The van der Waals surface area contributed by atoms with E-state index in [1.165, 1.54) is 5.56 Å². The quantitative estimate of drug-likeness (QED) is 0.791. The van der Waals surface area contributed by atoms with Crippen LogP contribution in [0.25, 0.3) is 0 Å². The maximum absolute atomic E-state index is 12.4. The van der Waals surface area contributed by atoms with Gasteiger partial charge in [0.05, 0.1) is 6.07 Å². The molecule has 3 nitrogen and oxygen atoms in total. The fraction of sp³-hybridized carbons (Fsp3) is 0.235. The number of hydrogen-bond donors (Lipinski definition) is 0. The van der Waals surface area contributed by atoms with Gasteiger partial charge in [-0.25, -0.2) is 0 Å². The molecule has 3 heteroatoms. The van der Waals surface area contributed by atoms with Crippen LogP contribution in [0.2, 0.25) is 0 Å². The molecule has 0 bridgehead atoms. The molecule has 1 unspecified atom stereocenters. The summed E-state index contributed by atoms with van der Waals surface area (Å²) in [4.78, 5) is 16.4. The SMILES string of the molecule is CC(C)c1ccc(C(=O)C(C#N)c2cccnc2)cc1. The van der Waals surface area contributed by atoms with Crippen molar-refractivity contribution in [2.75, 3.05) is 0 Å². The van der Waals surface area contributed by atoms with Crippen LogP contribution in [0.4, 0.5) is 0 Å². The monoisotopic (exact) mass is 264 g/mol. The van der Waals surface area contributed by atoms with Crippen molar-refractivity contribution in [2.45, 2.75) is 25.7 Å². The van der Waals surface area contributed by atoms with Crippen LogP contribution < -0.4 is 0 Å². The number of aromatic nitrogens is 1. The number of hydrogen-bond acceptors (Lipinski definition) is 3. The van der Waals surface area contributed by atoms with E-state index in [9.17, 15) is 10.1 Å². The largest absolute Gasteiger partial charge is 0.292 e. The van der Waals surface area contributed by atoms with Crippen LogP contribution in [0.3, 0.4) is 0 Å². The van der Waals surface area contributed by atoms with Crippen LogP contribution in [0.15, 0.2) is 48.8 Å². The van der Waals surface area contributed by atoms with Gasteiger partial charge < -0.3 is 0 Å². The minimum atomic E-state index is -0.798.